The molecular formula is C21H17Cl3N2O3S. The van der Waals surface area contributed by atoms with Gasteiger partial charge in [-0.25, -0.2) is 8.42 Å². The summed E-state index contributed by atoms with van der Waals surface area (Å²) in [5.41, 5.74) is 1.35. The van der Waals surface area contributed by atoms with Gasteiger partial charge < -0.3 is 5.32 Å². The van der Waals surface area contributed by atoms with Gasteiger partial charge in [0, 0.05) is 20.8 Å². The molecule has 3 rings (SSSR count). The number of hydrogen-bond donors (Lipinski definition) is 1. The molecule has 5 nitrogen and oxygen atoms in total. The predicted molar refractivity (Wildman–Crippen MR) is 122 cm³/mol. The van der Waals surface area contributed by atoms with Gasteiger partial charge >= 0.3 is 0 Å². The van der Waals surface area contributed by atoms with Crippen LogP contribution in [0.5, 0.6) is 0 Å². The van der Waals surface area contributed by atoms with Crippen LogP contribution in [0.25, 0.3) is 0 Å². The Kier molecular flexibility index (Phi) is 6.93. The highest BCUT2D eigenvalue weighted by Crippen LogP contribution is 2.30. The van der Waals surface area contributed by atoms with Crippen LogP contribution in [-0.4, -0.2) is 20.9 Å². The van der Waals surface area contributed by atoms with E-state index >= 15 is 0 Å². The topological polar surface area (TPSA) is 66.5 Å². The van der Waals surface area contributed by atoms with E-state index in [4.69, 9.17) is 34.8 Å². The van der Waals surface area contributed by atoms with Crippen molar-refractivity contribution < 1.29 is 13.2 Å². The summed E-state index contributed by atoms with van der Waals surface area (Å²) in [4.78, 5) is 12.8. The molecule has 1 amide bonds. The average Bonchev–Trinajstić information content (AvgIpc) is 2.69. The molecule has 0 bridgehead atoms. The summed E-state index contributed by atoms with van der Waals surface area (Å²) in [5.74, 6) is -0.545. The number of hydrogen-bond acceptors (Lipinski definition) is 3. The maximum Gasteiger partial charge on any atom is 0.264 e. The van der Waals surface area contributed by atoms with Crippen molar-refractivity contribution >= 4 is 62.1 Å². The monoisotopic (exact) mass is 482 g/mol. The summed E-state index contributed by atoms with van der Waals surface area (Å²) < 4.78 is 27.6. The number of nitrogens with zero attached hydrogens (tertiary/aromatic N) is 1. The van der Waals surface area contributed by atoms with E-state index in [0.717, 1.165) is 4.31 Å². The van der Waals surface area contributed by atoms with Crippen LogP contribution in [0.4, 0.5) is 11.4 Å². The van der Waals surface area contributed by atoms with Crippen LogP contribution in [0.2, 0.25) is 15.1 Å². The number of benzene rings is 3. The number of sulfonamides is 1. The maximum absolute atomic E-state index is 13.3. The van der Waals surface area contributed by atoms with Crippen molar-refractivity contribution in [2.45, 2.75) is 11.8 Å². The minimum atomic E-state index is -4.06. The third-order valence-corrected chi connectivity index (χ3v) is 6.93. The van der Waals surface area contributed by atoms with Gasteiger partial charge in [0.05, 0.1) is 10.6 Å². The minimum absolute atomic E-state index is 0.0350. The van der Waals surface area contributed by atoms with Crippen molar-refractivity contribution in [3.05, 3.63) is 87.4 Å². The first-order valence-electron chi connectivity index (χ1n) is 8.77. The molecular weight excluding hydrogens is 467 g/mol. The Labute approximate surface area is 190 Å². The lowest BCUT2D eigenvalue weighted by atomic mass is 10.2. The zero-order valence-corrected chi connectivity index (χ0v) is 18.9. The van der Waals surface area contributed by atoms with Crippen LogP contribution in [0.15, 0.2) is 71.6 Å². The molecule has 0 radical (unpaired) electrons. The lowest BCUT2D eigenvalue weighted by molar-refractivity contribution is -0.114. The van der Waals surface area contributed by atoms with Gasteiger partial charge in [-0.05, 0) is 55.0 Å². The van der Waals surface area contributed by atoms with E-state index in [-0.39, 0.29) is 20.6 Å². The second-order valence-electron chi connectivity index (χ2n) is 6.41. The first-order chi connectivity index (χ1) is 14.2. The summed E-state index contributed by atoms with van der Waals surface area (Å²) in [6.45, 7) is 1.27. The van der Waals surface area contributed by atoms with Crippen molar-refractivity contribution in [1.29, 1.82) is 0 Å². The standard InChI is InChI=1S/C21H17Cl3N2O3S/c1-14-19(24)8-5-9-20(14)25-21(27)13-26(17-11-15(22)10-16(23)12-17)30(28,29)18-6-3-2-4-7-18/h2-12H,13H2,1H3,(H,25,27). The van der Waals surface area contributed by atoms with E-state index in [1.54, 1.807) is 43.3 Å². The number of carbonyl (C=O) groups is 1. The van der Waals surface area contributed by atoms with Crippen LogP contribution in [0, 0.1) is 6.92 Å². The fourth-order valence-corrected chi connectivity index (χ4v) is 4.90. The summed E-state index contributed by atoms with van der Waals surface area (Å²) in [7, 11) is -4.06. The smallest absolute Gasteiger partial charge is 0.264 e. The summed E-state index contributed by atoms with van der Waals surface area (Å²) >= 11 is 18.2. The SMILES string of the molecule is Cc1c(Cl)cccc1NC(=O)CN(c1cc(Cl)cc(Cl)c1)S(=O)(=O)c1ccccc1. The highest BCUT2D eigenvalue weighted by molar-refractivity contribution is 7.92. The molecule has 0 unspecified atom stereocenters. The molecule has 0 aliphatic rings. The quantitative estimate of drug-likeness (QED) is 0.482. The maximum atomic E-state index is 13.3. The average molecular weight is 484 g/mol. The molecule has 0 fully saturated rings. The Balaban J connectivity index is 1.99. The zero-order valence-electron chi connectivity index (χ0n) is 15.8. The molecule has 156 valence electrons. The van der Waals surface area contributed by atoms with Crippen molar-refractivity contribution in [3.8, 4) is 0 Å². The van der Waals surface area contributed by atoms with Crippen LogP contribution < -0.4 is 9.62 Å². The van der Waals surface area contributed by atoms with Gasteiger partial charge in [0.2, 0.25) is 5.91 Å². The molecule has 0 aliphatic heterocycles. The molecule has 3 aromatic carbocycles. The van der Waals surface area contributed by atoms with Crippen molar-refractivity contribution in [3.63, 3.8) is 0 Å². The van der Waals surface area contributed by atoms with Crippen molar-refractivity contribution in [2.75, 3.05) is 16.2 Å². The largest absolute Gasteiger partial charge is 0.324 e. The van der Waals surface area contributed by atoms with Crippen LogP contribution >= 0.6 is 34.8 Å². The summed E-state index contributed by atoms with van der Waals surface area (Å²) in [6, 6.07) is 17.2. The Morgan fingerprint density at radius 2 is 1.57 bits per heavy atom. The lowest BCUT2D eigenvalue weighted by Gasteiger charge is -2.24. The second-order valence-corrected chi connectivity index (χ2v) is 9.56. The van der Waals surface area contributed by atoms with Gasteiger partial charge in [-0.1, -0.05) is 59.1 Å². The van der Waals surface area contributed by atoms with E-state index in [2.05, 4.69) is 5.32 Å². The van der Waals surface area contributed by atoms with Crippen LogP contribution in [0.3, 0.4) is 0 Å². The van der Waals surface area contributed by atoms with Gasteiger partial charge in [-0.2, -0.15) is 0 Å². The molecule has 0 saturated heterocycles. The first kappa shape index (κ1) is 22.4. The molecule has 9 heteroatoms. The molecule has 30 heavy (non-hydrogen) atoms. The second kappa shape index (κ2) is 9.27. The van der Waals surface area contributed by atoms with E-state index < -0.39 is 22.5 Å². The van der Waals surface area contributed by atoms with E-state index in [9.17, 15) is 13.2 Å². The predicted octanol–water partition coefficient (Wildman–Crippen LogP) is 5.79. The molecule has 1 N–H and O–H groups in total. The summed E-state index contributed by atoms with van der Waals surface area (Å²) in [6.07, 6.45) is 0. The Morgan fingerprint density at radius 1 is 0.933 bits per heavy atom. The third-order valence-electron chi connectivity index (χ3n) is 4.30. The molecule has 0 spiro atoms. The van der Waals surface area contributed by atoms with Gasteiger partial charge in [0.25, 0.3) is 10.0 Å². The Bertz CT molecular complexity index is 1170. The third kappa shape index (κ3) is 5.08. The van der Waals surface area contributed by atoms with Crippen LogP contribution in [-0.2, 0) is 14.8 Å². The number of anilines is 2. The molecule has 0 saturated carbocycles. The van der Waals surface area contributed by atoms with Gasteiger partial charge in [0.1, 0.15) is 6.54 Å². The van der Waals surface area contributed by atoms with Gasteiger partial charge in [0.15, 0.2) is 0 Å². The van der Waals surface area contributed by atoms with Crippen molar-refractivity contribution in [1.82, 2.24) is 0 Å². The number of rotatable bonds is 6. The molecule has 0 aromatic heterocycles. The number of halogens is 3. The number of carbonyl (C=O) groups excluding carboxylic acids is 1. The molecule has 0 heterocycles. The number of amides is 1. The summed E-state index contributed by atoms with van der Waals surface area (Å²) in [5, 5.41) is 3.69. The normalized spacial score (nSPS) is 11.2. The van der Waals surface area contributed by atoms with Crippen LogP contribution in [0.1, 0.15) is 5.56 Å². The molecule has 3 aromatic rings. The highest BCUT2D eigenvalue weighted by atomic mass is 35.5. The fraction of sp³-hybridized carbons (Fsp3) is 0.0952. The van der Waals surface area contributed by atoms with E-state index in [0.29, 0.717) is 16.3 Å². The van der Waals surface area contributed by atoms with Gasteiger partial charge in [-0.15, -0.1) is 0 Å². The van der Waals surface area contributed by atoms with Gasteiger partial charge in [-0.3, -0.25) is 9.10 Å². The lowest BCUT2D eigenvalue weighted by Crippen LogP contribution is -2.38. The zero-order chi connectivity index (χ0) is 21.9. The molecule has 0 aliphatic carbocycles. The van der Waals surface area contributed by atoms with E-state index in [1.807, 2.05) is 0 Å². The Morgan fingerprint density at radius 3 is 2.20 bits per heavy atom. The number of nitrogens with one attached hydrogen (secondary N) is 1. The Hall–Kier alpha value is -2.25. The fourth-order valence-electron chi connectivity index (χ4n) is 2.78. The highest BCUT2D eigenvalue weighted by Gasteiger charge is 2.28. The van der Waals surface area contributed by atoms with E-state index in [1.165, 1.54) is 30.3 Å². The van der Waals surface area contributed by atoms with Crippen molar-refractivity contribution in [2.24, 2.45) is 0 Å². The first-order valence-corrected chi connectivity index (χ1v) is 11.3. The minimum Gasteiger partial charge on any atom is -0.324 e. The molecule has 0 atom stereocenters.